The minimum Gasteiger partial charge on any atom is -0.489 e. The van der Waals surface area contributed by atoms with E-state index < -0.39 is 27.6 Å². The third-order valence-corrected chi connectivity index (χ3v) is 6.72. The van der Waals surface area contributed by atoms with Crippen molar-refractivity contribution in [3.63, 3.8) is 0 Å². The van der Waals surface area contributed by atoms with Gasteiger partial charge in [-0.25, -0.2) is 17.2 Å². The smallest absolute Gasteiger partial charge is 0.243 e. The minimum absolute atomic E-state index is 0.0123. The first-order valence-corrected chi connectivity index (χ1v) is 11.7. The molecule has 1 heterocycles. The van der Waals surface area contributed by atoms with Crippen molar-refractivity contribution >= 4 is 21.6 Å². The van der Waals surface area contributed by atoms with E-state index in [4.69, 9.17) is 9.47 Å². The van der Waals surface area contributed by atoms with Crippen LogP contribution in [0, 0.1) is 11.6 Å². The van der Waals surface area contributed by atoms with Crippen LogP contribution in [0.2, 0.25) is 0 Å². The number of hydrogen-bond acceptors (Lipinski definition) is 5. The molecule has 0 radical (unpaired) electrons. The molecule has 1 saturated heterocycles. The number of sulfonamides is 1. The summed E-state index contributed by atoms with van der Waals surface area (Å²) >= 11 is 0. The van der Waals surface area contributed by atoms with E-state index in [0.717, 1.165) is 18.2 Å². The molecule has 1 aliphatic heterocycles. The normalized spacial score (nSPS) is 15.0. The Morgan fingerprint density at radius 3 is 2.56 bits per heavy atom. The van der Waals surface area contributed by atoms with Gasteiger partial charge in [-0.05, 0) is 62.2 Å². The summed E-state index contributed by atoms with van der Waals surface area (Å²) in [6.07, 6.45) is -0.350. The maximum Gasteiger partial charge on any atom is 0.243 e. The molecule has 32 heavy (non-hydrogen) atoms. The van der Waals surface area contributed by atoms with E-state index in [1.807, 2.05) is 0 Å². The standard InChI is InChI=1S/C22H26F2N2O5S/c1-15(2)31-21-7-5-18(32(28,29)26-9-11-30-12-10-26)14-20(21)25-22(27)8-3-16-13-17(23)4-6-19(16)24/h4-7,13-15H,3,8-12H2,1-2H3,(H,25,27). The fraction of sp³-hybridized carbons (Fsp3) is 0.409. The number of nitrogens with one attached hydrogen (secondary N) is 1. The van der Waals surface area contributed by atoms with Crippen molar-refractivity contribution in [3.05, 3.63) is 53.6 Å². The fourth-order valence-corrected chi connectivity index (χ4v) is 4.69. The van der Waals surface area contributed by atoms with Gasteiger partial charge in [-0.1, -0.05) is 0 Å². The summed E-state index contributed by atoms with van der Waals surface area (Å²) in [5, 5.41) is 2.65. The molecule has 0 aromatic heterocycles. The van der Waals surface area contributed by atoms with Crippen LogP contribution >= 0.6 is 0 Å². The average Bonchev–Trinajstić information content (AvgIpc) is 2.75. The molecule has 2 aromatic carbocycles. The zero-order chi connectivity index (χ0) is 23.3. The van der Waals surface area contributed by atoms with Gasteiger partial charge >= 0.3 is 0 Å². The Labute approximate surface area is 186 Å². The molecule has 3 rings (SSSR count). The number of anilines is 1. The molecule has 1 amide bonds. The summed E-state index contributed by atoms with van der Waals surface area (Å²) in [6, 6.07) is 7.34. The van der Waals surface area contributed by atoms with Crippen molar-refractivity contribution in [2.45, 2.75) is 37.7 Å². The quantitative estimate of drug-likeness (QED) is 0.642. The number of benzene rings is 2. The number of ether oxygens (including phenoxy) is 2. The molecule has 0 bridgehead atoms. The van der Waals surface area contributed by atoms with Crippen LogP contribution in [-0.4, -0.2) is 51.0 Å². The number of aryl methyl sites for hydroxylation is 1. The molecule has 0 unspecified atom stereocenters. The van der Waals surface area contributed by atoms with Crippen molar-refractivity contribution in [2.75, 3.05) is 31.6 Å². The molecule has 1 fully saturated rings. The third-order valence-electron chi connectivity index (χ3n) is 4.82. The first kappa shape index (κ1) is 24.1. The van der Waals surface area contributed by atoms with Gasteiger partial charge < -0.3 is 14.8 Å². The van der Waals surface area contributed by atoms with Gasteiger partial charge in [-0.15, -0.1) is 0 Å². The van der Waals surface area contributed by atoms with Gasteiger partial charge in [0, 0.05) is 19.5 Å². The first-order valence-electron chi connectivity index (χ1n) is 10.3. The van der Waals surface area contributed by atoms with Crippen molar-refractivity contribution in [3.8, 4) is 5.75 Å². The lowest BCUT2D eigenvalue weighted by Crippen LogP contribution is -2.40. The predicted octanol–water partition coefficient (Wildman–Crippen LogP) is 3.34. The highest BCUT2D eigenvalue weighted by molar-refractivity contribution is 7.89. The number of morpholine rings is 1. The maximum absolute atomic E-state index is 13.8. The van der Waals surface area contributed by atoms with Crippen LogP contribution in [0.15, 0.2) is 41.3 Å². The van der Waals surface area contributed by atoms with Crippen LogP contribution in [0.5, 0.6) is 5.75 Å². The van der Waals surface area contributed by atoms with Gasteiger partial charge in [-0.2, -0.15) is 4.31 Å². The zero-order valence-corrected chi connectivity index (χ0v) is 18.8. The van der Waals surface area contributed by atoms with E-state index in [-0.39, 0.29) is 48.2 Å². The lowest BCUT2D eigenvalue weighted by Gasteiger charge is -2.26. The molecule has 2 aromatic rings. The summed E-state index contributed by atoms with van der Waals surface area (Å²) in [5.41, 5.74) is 0.278. The van der Waals surface area contributed by atoms with Crippen molar-refractivity contribution in [2.24, 2.45) is 0 Å². The Bertz CT molecular complexity index is 1070. The fourth-order valence-electron chi connectivity index (χ4n) is 3.26. The molecular weight excluding hydrogens is 442 g/mol. The largest absolute Gasteiger partial charge is 0.489 e. The minimum atomic E-state index is -3.78. The van der Waals surface area contributed by atoms with E-state index in [1.54, 1.807) is 13.8 Å². The average molecular weight is 469 g/mol. The van der Waals surface area contributed by atoms with E-state index in [2.05, 4.69) is 5.32 Å². The highest BCUT2D eigenvalue weighted by atomic mass is 32.2. The first-order chi connectivity index (χ1) is 15.2. The number of nitrogens with zero attached hydrogens (tertiary/aromatic N) is 1. The van der Waals surface area contributed by atoms with Crippen LogP contribution in [0.25, 0.3) is 0 Å². The highest BCUT2D eigenvalue weighted by Crippen LogP contribution is 2.30. The van der Waals surface area contributed by atoms with Crippen molar-refractivity contribution in [1.29, 1.82) is 0 Å². The molecule has 0 atom stereocenters. The second-order valence-corrected chi connectivity index (χ2v) is 9.56. The molecule has 174 valence electrons. The number of halogens is 2. The number of carbonyl (C=O) groups is 1. The van der Waals surface area contributed by atoms with Crippen LogP contribution in [0.4, 0.5) is 14.5 Å². The second-order valence-electron chi connectivity index (χ2n) is 7.62. The monoisotopic (exact) mass is 468 g/mol. The molecule has 1 aliphatic rings. The van der Waals surface area contributed by atoms with Crippen LogP contribution in [0.3, 0.4) is 0 Å². The number of amides is 1. The molecule has 1 N–H and O–H groups in total. The Morgan fingerprint density at radius 2 is 1.88 bits per heavy atom. The lowest BCUT2D eigenvalue weighted by atomic mass is 10.1. The van der Waals surface area contributed by atoms with E-state index in [9.17, 15) is 22.0 Å². The molecular formula is C22H26F2N2O5S. The number of carbonyl (C=O) groups excluding carboxylic acids is 1. The topological polar surface area (TPSA) is 84.9 Å². The van der Waals surface area contributed by atoms with Gasteiger partial charge in [0.2, 0.25) is 15.9 Å². The third kappa shape index (κ3) is 6.02. The van der Waals surface area contributed by atoms with Gasteiger partial charge in [0.15, 0.2) is 0 Å². The summed E-state index contributed by atoms with van der Waals surface area (Å²) in [4.78, 5) is 12.5. The molecule has 10 heteroatoms. The summed E-state index contributed by atoms with van der Waals surface area (Å²) in [7, 11) is -3.78. The Hall–Kier alpha value is -2.56. The highest BCUT2D eigenvalue weighted by Gasteiger charge is 2.27. The van der Waals surface area contributed by atoms with Gasteiger partial charge in [0.05, 0.1) is 29.9 Å². The van der Waals surface area contributed by atoms with E-state index >= 15 is 0 Å². The molecule has 7 nitrogen and oxygen atoms in total. The Morgan fingerprint density at radius 1 is 1.16 bits per heavy atom. The summed E-state index contributed by atoms with van der Waals surface area (Å²) in [5.74, 6) is -1.36. The van der Waals surface area contributed by atoms with Crippen LogP contribution in [-0.2, 0) is 26.0 Å². The second kappa shape index (κ2) is 10.4. The molecule has 0 spiro atoms. The van der Waals surface area contributed by atoms with Gasteiger partial charge in [0.1, 0.15) is 17.4 Å². The van der Waals surface area contributed by atoms with Gasteiger partial charge in [-0.3, -0.25) is 4.79 Å². The number of rotatable bonds is 8. The zero-order valence-electron chi connectivity index (χ0n) is 17.9. The summed E-state index contributed by atoms with van der Waals surface area (Å²) < 4.78 is 65.4. The Kier molecular flexibility index (Phi) is 7.81. The SMILES string of the molecule is CC(C)Oc1ccc(S(=O)(=O)N2CCOCC2)cc1NC(=O)CCc1cc(F)ccc1F. The molecule has 0 aliphatic carbocycles. The van der Waals surface area contributed by atoms with Crippen LogP contribution < -0.4 is 10.1 Å². The van der Waals surface area contributed by atoms with E-state index in [1.165, 1.54) is 22.5 Å². The lowest BCUT2D eigenvalue weighted by molar-refractivity contribution is -0.116. The van der Waals surface area contributed by atoms with Crippen molar-refractivity contribution in [1.82, 2.24) is 4.31 Å². The van der Waals surface area contributed by atoms with Crippen LogP contribution in [0.1, 0.15) is 25.8 Å². The number of hydrogen-bond donors (Lipinski definition) is 1. The van der Waals surface area contributed by atoms with E-state index in [0.29, 0.717) is 19.0 Å². The summed E-state index contributed by atoms with van der Waals surface area (Å²) in [6.45, 7) is 4.72. The van der Waals surface area contributed by atoms with Gasteiger partial charge in [0.25, 0.3) is 0 Å². The molecule has 0 saturated carbocycles. The van der Waals surface area contributed by atoms with Crippen molar-refractivity contribution < 1.29 is 31.5 Å². The maximum atomic E-state index is 13.8. The Balaban J connectivity index is 1.80. The predicted molar refractivity (Wildman–Crippen MR) is 115 cm³/mol.